The van der Waals surface area contributed by atoms with Crippen molar-refractivity contribution in [1.29, 1.82) is 0 Å². The fraction of sp³-hybridized carbons (Fsp3) is 0.900. The minimum Gasteiger partial charge on any atom is -0.458 e. The molecule has 226 valence electrons. The summed E-state index contributed by atoms with van der Waals surface area (Å²) in [5.74, 6) is 0.949. The Hall–Kier alpha value is -1.11. The van der Waals surface area contributed by atoms with E-state index in [4.69, 9.17) is 14.3 Å². The first-order valence-corrected chi connectivity index (χ1v) is 15.2. The number of hydrogen-bond donors (Lipinski definition) is 5. The van der Waals surface area contributed by atoms with Crippen molar-refractivity contribution < 1.29 is 44.6 Å². The van der Waals surface area contributed by atoms with Gasteiger partial charge >= 0.3 is 5.97 Å². The van der Waals surface area contributed by atoms with Crippen molar-refractivity contribution in [2.45, 2.75) is 114 Å². The molecular weight excluding hydrogens is 518 g/mol. The Morgan fingerprint density at radius 1 is 1.00 bits per heavy atom. The van der Waals surface area contributed by atoms with E-state index in [1.807, 2.05) is 0 Å². The van der Waals surface area contributed by atoms with Gasteiger partial charge in [0.1, 0.15) is 31.0 Å². The van der Waals surface area contributed by atoms with Crippen LogP contribution in [0.15, 0.2) is 11.6 Å². The van der Waals surface area contributed by atoms with E-state index in [0.29, 0.717) is 18.4 Å². The van der Waals surface area contributed by atoms with Gasteiger partial charge in [-0.15, -0.1) is 0 Å². The zero-order valence-electron chi connectivity index (χ0n) is 23.9. The van der Waals surface area contributed by atoms with Gasteiger partial charge in [0.05, 0.1) is 19.3 Å². The van der Waals surface area contributed by atoms with Crippen LogP contribution in [0.2, 0.25) is 0 Å². The van der Waals surface area contributed by atoms with Crippen molar-refractivity contribution in [2.24, 2.45) is 34.5 Å². The molecule has 10 nitrogen and oxygen atoms in total. The van der Waals surface area contributed by atoms with Crippen LogP contribution in [0.1, 0.15) is 71.6 Å². The number of aliphatic hydroxyl groups excluding tert-OH is 4. The largest absolute Gasteiger partial charge is 0.458 e. The highest BCUT2D eigenvalue weighted by Gasteiger charge is 2.68. The first-order valence-electron chi connectivity index (χ1n) is 15.2. The van der Waals surface area contributed by atoms with E-state index >= 15 is 0 Å². The lowest BCUT2D eigenvalue weighted by atomic mass is 9.43. The molecule has 0 aromatic heterocycles. The Kier molecular flexibility index (Phi) is 7.43. The maximum atomic E-state index is 12.4. The number of hydrogen-bond acceptors (Lipinski definition) is 10. The summed E-state index contributed by atoms with van der Waals surface area (Å²) in [6.45, 7) is 4.53. The van der Waals surface area contributed by atoms with Gasteiger partial charge < -0.3 is 35.0 Å². The maximum Gasteiger partial charge on any atom is 0.331 e. The molecular formula is C30H47NO9. The molecule has 10 heteroatoms. The van der Waals surface area contributed by atoms with Gasteiger partial charge in [-0.2, -0.15) is 5.06 Å². The monoisotopic (exact) mass is 565 g/mol. The van der Waals surface area contributed by atoms with Crippen molar-refractivity contribution in [3.8, 4) is 0 Å². The number of fused-ring (bicyclic) bond motifs is 5. The molecule has 5 fully saturated rings. The third-order valence-corrected chi connectivity index (χ3v) is 12.6. The van der Waals surface area contributed by atoms with Crippen LogP contribution in [-0.4, -0.2) is 99.2 Å². The van der Waals surface area contributed by atoms with Crippen LogP contribution in [-0.2, 0) is 19.1 Å². The first kappa shape index (κ1) is 29.0. The minimum atomic E-state index is -1.45. The van der Waals surface area contributed by atoms with E-state index in [0.717, 1.165) is 63.4 Å². The smallest absolute Gasteiger partial charge is 0.331 e. The van der Waals surface area contributed by atoms with Crippen LogP contribution in [0.3, 0.4) is 0 Å². The summed E-state index contributed by atoms with van der Waals surface area (Å²) in [5, 5.41) is 55.1. The van der Waals surface area contributed by atoms with Crippen molar-refractivity contribution in [2.75, 3.05) is 20.3 Å². The lowest BCUT2D eigenvalue weighted by molar-refractivity contribution is -0.344. The molecule has 6 aliphatic rings. The normalized spacial score (nSPS) is 52.5. The Labute approximate surface area is 236 Å². The van der Waals surface area contributed by atoms with Crippen LogP contribution < -0.4 is 0 Å². The molecule has 0 spiro atoms. The highest BCUT2D eigenvalue weighted by atomic mass is 16.7. The van der Waals surface area contributed by atoms with Gasteiger partial charge in [-0.1, -0.05) is 13.8 Å². The summed E-state index contributed by atoms with van der Waals surface area (Å²) in [4.78, 5) is 17.6. The molecule has 4 unspecified atom stereocenters. The Balaban J connectivity index is 1.19. The van der Waals surface area contributed by atoms with Crippen LogP contribution in [0.25, 0.3) is 0 Å². The SMILES string of the molecule is CON(C1O[C@@H](CO)[C@@H](O)[C@@H](O)[C@@H]1O)[C@H]1CC[C@@]2(C)C(CCC3C2CC[C@]2(C)[C@@H](C4=CC(=O)OC4)CC[C@]32O)C1. The molecule has 0 amide bonds. The van der Waals surface area contributed by atoms with E-state index in [-0.39, 0.29) is 34.7 Å². The first-order chi connectivity index (χ1) is 19.0. The van der Waals surface area contributed by atoms with E-state index in [1.165, 1.54) is 7.11 Å². The molecule has 2 aliphatic heterocycles. The lowest BCUT2D eigenvalue weighted by Crippen LogP contribution is -2.66. The fourth-order valence-electron chi connectivity index (χ4n) is 10.4. The highest BCUT2D eigenvalue weighted by Crippen LogP contribution is 2.70. The molecule has 0 bridgehead atoms. The van der Waals surface area contributed by atoms with Gasteiger partial charge in [0.15, 0.2) is 6.23 Å². The molecule has 1 saturated heterocycles. The second-order valence-corrected chi connectivity index (χ2v) is 14.0. The van der Waals surface area contributed by atoms with Gasteiger partial charge in [-0.25, -0.2) is 4.79 Å². The van der Waals surface area contributed by atoms with Gasteiger partial charge in [0, 0.05) is 17.5 Å². The summed E-state index contributed by atoms with van der Waals surface area (Å²) >= 11 is 0. The van der Waals surface area contributed by atoms with E-state index in [1.54, 1.807) is 11.1 Å². The maximum absolute atomic E-state index is 12.4. The summed E-state index contributed by atoms with van der Waals surface area (Å²) < 4.78 is 11.1. The highest BCUT2D eigenvalue weighted by molar-refractivity contribution is 5.85. The van der Waals surface area contributed by atoms with Crippen molar-refractivity contribution in [3.63, 3.8) is 0 Å². The number of aliphatic hydroxyl groups is 5. The summed E-state index contributed by atoms with van der Waals surface area (Å²) in [6.07, 6.45) is 3.63. The number of esters is 1. The third kappa shape index (κ3) is 4.08. The second kappa shape index (κ2) is 10.3. The molecule has 2 heterocycles. The van der Waals surface area contributed by atoms with Crippen molar-refractivity contribution in [1.82, 2.24) is 5.06 Å². The number of carbonyl (C=O) groups is 1. The standard InChI is InChI=1S/C30H47NO9/c1-28-9-6-18(31(38-3)27-26(36)25(35)24(34)22(14-32)40-27)13-17(28)4-5-21-20(28)7-10-29(2)19(8-11-30(21,29)37)16-12-23(33)39-15-16/h12,17-22,24-27,32,34-37H,4-11,13-15H2,1-3H3/t17?,18-,19+,20?,21?,22-,24+,25+,26-,27?,28-,29+,30-/m0/s1. The molecule has 5 N–H and O–H groups in total. The van der Waals surface area contributed by atoms with Crippen LogP contribution >= 0.6 is 0 Å². The number of carbonyl (C=O) groups excluding carboxylic acids is 1. The molecule has 4 saturated carbocycles. The van der Waals surface area contributed by atoms with Gasteiger partial charge in [0.2, 0.25) is 0 Å². The summed E-state index contributed by atoms with van der Waals surface area (Å²) in [6, 6.07) is -0.0549. The summed E-state index contributed by atoms with van der Waals surface area (Å²) in [7, 11) is 1.53. The van der Waals surface area contributed by atoms with Gasteiger partial charge in [0.25, 0.3) is 0 Å². The molecule has 0 radical (unpaired) electrons. The van der Waals surface area contributed by atoms with Crippen LogP contribution in [0.5, 0.6) is 0 Å². The molecule has 4 aliphatic carbocycles. The van der Waals surface area contributed by atoms with E-state index < -0.39 is 42.9 Å². The third-order valence-electron chi connectivity index (χ3n) is 12.6. The van der Waals surface area contributed by atoms with Crippen LogP contribution in [0.4, 0.5) is 0 Å². The number of cyclic esters (lactones) is 1. The summed E-state index contributed by atoms with van der Waals surface area (Å²) in [5.41, 5.74) is 0.0988. The van der Waals surface area contributed by atoms with Crippen molar-refractivity contribution in [3.05, 3.63) is 11.6 Å². The molecule has 0 aromatic carbocycles. The van der Waals surface area contributed by atoms with Crippen molar-refractivity contribution >= 4 is 5.97 Å². The van der Waals surface area contributed by atoms with Gasteiger partial charge in [-0.05, 0) is 92.4 Å². The lowest BCUT2D eigenvalue weighted by Gasteiger charge is -2.64. The molecule has 13 atom stereocenters. The predicted molar refractivity (Wildman–Crippen MR) is 142 cm³/mol. The average molecular weight is 566 g/mol. The Bertz CT molecular complexity index is 1020. The number of hydroxylamine groups is 2. The predicted octanol–water partition coefficient (Wildman–Crippen LogP) is 1.28. The zero-order chi connectivity index (χ0) is 28.6. The Morgan fingerprint density at radius 3 is 2.45 bits per heavy atom. The van der Waals surface area contributed by atoms with Crippen LogP contribution in [0, 0.1) is 34.5 Å². The number of ether oxygens (including phenoxy) is 2. The van der Waals surface area contributed by atoms with Gasteiger partial charge in [-0.3, -0.25) is 4.84 Å². The number of rotatable bonds is 5. The topological polar surface area (TPSA) is 149 Å². The number of nitrogens with zero attached hydrogens (tertiary/aromatic N) is 1. The zero-order valence-corrected chi connectivity index (χ0v) is 23.9. The molecule has 6 rings (SSSR count). The minimum absolute atomic E-state index is 0.0549. The molecule has 0 aromatic rings. The average Bonchev–Trinajstić information content (AvgIpc) is 3.48. The van der Waals surface area contributed by atoms with E-state index in [9.17, 15) is 30.3 Å². The molecule has 40 heavy (non-hydrogen) atoms. The second-order valence-electron chi connectivity index (χ2n) is 14.0. The quantitative estimate of drug-likeness (QED) is 0.244. The fourth-order valence-corrected chi connectivity index (χ4v) is 10.4. The van der Waals surface area contributed by atoms with E-state index in [2.05, 4.69) is 13.8 Å². The Morgan fingerprint density at radius 2 is 1.77 bits per heavy atom.